The molecule has 71 heavy (non-hydrogen) atoms. The first-order valence-electron chi connectivity index (χ1n) is 28.3. The van der Waals surface area contributed by atoms with Gasteiger partial charge in [0, 0.05) is 6.42 Å². The van der Waals surface area contributed by atoms with Crippen LogP contribution >= 0.6 is 0 Å². The number of ether oxygens (including phenoxy) is 2. The molecule has 6 N–H and O–H groups in total. The summed E-state index contributed by atoms with van der Waals surface area (Å²) < 4.78 is 11.2. The molecule has 0 aromatic carbocycles. The number of aliphatic hydroxyl groups is 5. The molecule has 0 radical (unpaired) electrons. The molecule has 1 saturated heterocycles. The summed E-state index contributed by atoms with van der Waals surface area (Å²) in [7, 11) is 0. The van der Waals surface area contributed by atoms with Crippen LogP contribution in [0.3, 0.4) is 0 Å². The lowest BCUT2D eigenvalue weighted by Crippen LogP contribution is -2.60. The van der Waals surface area contributed by atoms with Gasteiger partial charge in [0.05, 0.1) is 25.4 Å². The normalized spacial score (nSPS) is 20.2. The molecule has 0 aromatic heterocycles. The summed E-state index contributed by atoms with van der Waals surface area (Å²) in [5.74, 6) is -0.199. The van der Waals surface area contributed by atoms with Crippen LogP contribution in [0.5, 0.6) is 0 Å². The Kier molecular flexibility index (Phi) is 46.3. The van der Waals surface area contributed by atoms with Crippen molar-refractivity contribution in [2.75, 3.05) is 13.2 Å². The van der Waals surface area contributed by atoms with Crippen LogP contribution in [0, 0.1) is 0 Å². The largest absolute Gasteiger partial charge is 0.394 e. The molecule has 0 bridgehead atoms. The van der Waals surface area contributed by atoms with Crippen molar-refractivity contribution in [2.45, 2.75) is 249 Å². The highest BCUT2D eigenvalue weighted by Gasteiger charge is 2.44. The van der Waals surface area contributed by atoms with Gasteiger partial charge in [0.15, 0.2) is 6.29 Å². The maximum absolute atomic E-state index is 13.0. The second-order valence-electron chi connectivity index (χ2n) is 19.0. The minimum absolute atomic E-state index is 0.199. The van der Waals surface area contributed by atoms with Gasteiger partial charge in [0.2, 0.25) is 5.91 Å². The van der Waals surface area contributed by atoms with E-state index in [0.29, 0.717) is 6.42 Å². The lowest BCUT2D eigenvalue weighted by molar-refractivity contribution is -0.302. The molecular weight excluding hydrogens is 887 g/mol. The van der Waals surface area contributed by atoms with E-state index in [-0.39, 0.29) is 12.5 Å². The summed E-state index contributed by atoms with van der Waals surface area (Å²) in [6.07, 6.45) is 68.4. The van der Waals surface area contributed by atoms with Crippen LogP contribution in [-0.4, -0.2) is 87.5 Å². The van der Waals surface area contributed by atoms with Crippen LogP contribution in [0.4, 0.5) is 0 Å². The number of unbranched alkanes of at least 4 members (excludes halogenated alkanes) is 18. The minimum atomic E-state index is -1.58. The summed E-state index contributed by atoms with van der Waals surface area (Å²) in [6, 6.07) is -0.835. The van der Waals surface area contributed by atoms with Gasteiger partial charge in [0.25, 0.3) is 0 Å². The van der Waals surface area contributed by atoms with Crippen molar-refractivity contribution in [3.63, 3.8) is 0 Å². The third-order valence-corrected chi connectivity index (χ3v) is 12.5. The number of rotatable bonds is 46. The Balaban J connectivity index is 2.17. The quantitative estimate of drug-likeness (QED) is 0.0261. The number of nitrogens with one attached hydrogen (secondary N) is 1. The van der Waals surface area contributed by atoms with E-state index in [1.165, 1.54) is 89.9 Å². The van der Waals surface area contributed by atoms with Gasteiger partial charge in [-0.15, -0.1) is 0 Å². The third kappa shape index (κ3) is 39.8. The maximum atomic E-state index is 13.0. The Morgan fingerprint density at radius 3 is 1.35 bits per heavy atom. The molecule has 0 spiro atoms. The molecule has 0 aromatic rings. The van der Waals surface area contributed by atoms with E-state index < -0.39 is 49.5 Å². The molecule has 1 aliphatic rings. The molecule has 0 saturated carbocycles. The SMILES string of the molecule is CC/C=C\C/C=C\C/C=C\C/C=C\C/C=C\C/C=C\C/C=C\CCCCCCCCCCCCCCCC(=O)NC(COC1OC(CO)C(O)C(O)C1O)C(O)/C=C/CC/C=C/CC/C=C/CCCCC. The summed E-state index contributed by atoms with van der Waals surface area (Å²) in [5.41, 5.74) is 0. The summed E-state index contributed by atoms with van der Waals surface area (Å²) in [6.45, 7) is 3.59. The number of carbonyl (C=O) groups is 1. The van der Waals surface area contributed by atoms with Gasteiger partial charge < -0.3 is 40.3 Å². The van der Waals surface area contributed by atoms with E-state index in [0.717, 1.165) is 96.3 Å². The van der Waals surface area contributed by atoms with Crippen LogP contribution in [-0.2, 0) is 14.3 Å². The van der Waals surface area contributed by atoms with Crippen molar-refractivity contribution in [1.29, 1.82) is 0 Å². The Morgan fingerprint density at radius 1 is 0.493 bits per heavy atom. The lowest BCUT2D eigenvalue weighted by atomic mass is 9.99. The average Bonchev–Trinajstić information content (AvgIpc) is 3.37. The van der Waals surface area contributed by atoms with Crippen molar-refractivity contribution in [3.05, 3.63) is 122 Å². The second kappa shape index (κ2) is 50.1. The highest BCUT2D eigenvalue weighted by atomic mass is 16.7. The van der Waals surface area contributed by atoms with Gasteiger partial charge in [-0.3, -0.25) is 4.79 Å². The van der Waals surface area contributed by atoms with Gasteiger partial charge in [0.1, 0.15) is 24.4 Å². The standard InChI is InChI=1S/C62H103NO8/c1-3-5-7-9-11-13-15-17-18-19-20-21-22-23-24-25-26-27-28-29-30-31-32-33-34-35-36-37-38-40-42-44-46-48-50-52-58(66)63-55(54-70-62-61(69)60(68)59(67)57(53-64)71-62)56(65)51-49-47-45-43-41-39-16-14-12-10-8-6-4-2/h5,7,11-14,17-18,20-21,23-24,26-27,29-30,41,43,49,51,55-57,59-62,64-65,67-69H,3-4,6,8-10,15-16,19,22,25,28,31-40,42,44-48,50,52-54H2,1-2H3,(H,63,66)/b7-5-,13-11-,14-12+,18-17-,21-20-,24-23-,27-26-,30-29-,43-41+,51-49+. The maximum Gasteiger partial charge on any atom is 0.220 e. The molecule has 1 rings (SSSR count). The van der Waals surface area contributed by atoms with Crippen LogP contribution in [0.2, 0.25) is 0 Å². The van der Waals surface area contributed by atoms with Crippen LogP contribution in [0.25, 0.3) is 0 Å². The predicted octanol–water partition coefficient (Wildman–Crippen LogP) is 14.0. The minimum Gasteiger partial charge on any atom is -0.394 e. The first kappa shape index (κ1) is 65.6. The fourth-order valence-electron chi connectivity index (χ4n) is 8.05. The zero-order valence-corrected chi connectivity index (χ0v) is 44.7. The number of hydrogen-bond acceptors (Lipinski definition) is 8. The van der Waals surface area contributed by atoms with Gasteiger partial charge in [-0.1, -0.05) is 219 Å². The van der Waals surface area contributed by atoms with Gasteiger partial charge in [-0.2, -0.15) is 0 Å². The van der Waals surface area contributed by atoms with Crippen molar-refractivity contribution in [1.82, 2.24) is 5.32 Å². The topological polar surface area (TPSA) is 149 Å². The van der Waals surface area contributed by atoms with Crippen molar-refractivity contribution in [3.8, 4) is 0 Å². The molecule has 0 aliphatic carbocycles. The Morgan fingerprint density at radius 2 is 0.887 bits per heavy atom. The van der Waals surface area contributed by atoms with E-state index in [9.17, 15) is 30.3 Å². The zero-order valence-electron chi connectivity index (χ0n) is 44.7. The third-order valence-electron chi connectivity index (χ3n) is 12.5. The van der Waals surface area contributed by atoms with Crippen LogP contribution in [0.15, 0.2) is 122 Å². The molecule has 7 unspecified atom stereocenters. The highest BCUT2D eigenvalue weighted by Crippen LogP contribution is 2.23. The number of aliphatic hydroxyl groups excluding tert-OH is 5. The monoisotopic (exact) mass is 990 g/mol. The average molecular weight is 991 g/mol. The Hall–Kier alpha value is -3.41. The highest BCUT2D eigenvalue weighted by molar-refractivity contribution is 5.76. The first-order chi connectivity index (χ1) is 34.8. The molecule has 7 atom stereocenters. The Labute approximate surface area is 433 Å². The molecule has 9 heteroatoms. The van der Waals surface area contributed by atoms with Crippen molar-refractivity contribution < 1.29 is 39.8 Å². The van der Waals surface area contributed by atoms with E-state index >= 15 is 0 Å². The van der Waals surface area contributed by atoms with E-state index in [2.05, 4.69) is 129 Å². The fraction of sp³-hybridized carbons (Fsp3) is 0.661. The zero-order chi connectivity index (χ0) is 51.5. The molecule has 1 heterocycles. The summed E-state index contributed by atoms with van der Waals surface area (Å²) in [4.78, 5) is 13.0. The first-order valence-corrected chi connectivity index (χ1v) is 28.3. The lowest BCUT2D eigenvalue weighted by Gasteiger charge is -2.40. The number of allylic oxidation sites excluding steroid dienone is 19. The van der Waals surface area contributed by atoms with E-state index in [1.54, 1.807) is 6.08 Å². The molecule has 1 fully saturated rings. The van der Waals surface area contributed by atoms with Crippen LogP contribution < -0.4 is 5.32 Å². The molecule has 9 nitrogen and oxygen atoms in total. The fourth-order valence-corrected chi connectivity index (χ4v) is 8.05. The van der Waals surface area contributed by atoms with Crippen molar-refractivity contribution >= 4 is 5.91 Å². The number of carbonyl (C=O) groups excluding carboxylic acids is 1. The Bertz CT molecular complexity index is 1520. The van der Waals surface area contributed by atoms with Gasteiger partial charge in [-0.25, -0.2) is 0 Å². The summed E-state index contributed by atoms with van der Waals surface area (Å²) in [5, 5.41) is 54.3. The molecular formula is C62H103NO8. The van der Waals surface area contributed by atoms with Gasteiger partial charge in [-0.05, 0) is 103 Å². The van der Waals surface area contributed by atoms with E-state index in [1.807, 2.05) is 6.08 Å². The van der Waals surface area contributed by atoms with Crippen molar-refractivity contribution in [2.24, 2.45) is 0 Å². The van der Waals surface area contributed by atoms with Crippen LogP contribution in [0.1, 0.15) is 206 Å². The molecule has 1 amide bonds. The predicted molar refractivity (Wildman–Crippen MR) is 299 cm³/mol. The smallest absolute Gasteiger partial charge is 0.220 e. The summed E-state index contributed by atoms with van der Waals surface area (Å²) >= 11 is 0. The second-order valence-corrected chi connectivity index (χ2v) is 19.0. The number of hydrogen-bond donors (Lipinski definition) is 6. The molecule has 1 aliphatic heterocycles. The van der Waals surface area contributed by atoms with E-state index in [4.69, 9.17) is 9.47 Å². The van der Waals surface area contributed by atoms with Gasteiger partial charge >= 0.3 is 0 Å². The number of amides is 1. The molecule has 404 valence electrons.